The van der Waals surface area contributed by atoms with Gasteiger partial charge in [0.15, 0.2) is 5.82 Å². The van der Waals surface area contributed by atoms with Gasteiger partial charge in [-0.1, -0.05) is 6.07 Å². The van der Waals surface area contributed by atoms with Crippen LogP contribution in [0.25, 0.3) is 0 Å². The minimum absolute atomic E-state index is 0.166. The van der Waals surface area contributed by atoms with Crippen LogP contribution in [-0.4, -0.2) is 62.2 Å². The molecule has 2 saturated heterocycles. The molecule has 1 atom stereocenters. The first-order valence-electron chi connectivity index (χ1n) is 13.2. The summed E-state index contributed by atoms with van der Waals surface area (Å²) in [7, 11) is 0. The molecule has 2 aromatic heterocycles. The molecule has 1 unspecified atom stereocenters. The highest BCUT2D eigenvalue weighted by Crippen LogP contribution is 2.56. The van der Waals surface area contributed by atoms with Crippen molar-refractivity contribution in [3.63, 3.8) is 0 Å². The maximum absolute atomic E-state index is 13.0. The first kappa shape index (κ1) is 22.5. The molecule has 2 aliphatic heterocycles. The Morgan fingerprint density at radius 3 is 2.36 bits per heavy atom. The van der Waals surface area contributed by atoms with Crippen molar-refractivity contribution < 1.29 is 18.0 Å². The summed E-state index contributed by atoms with van der Waals surface area (Å²) in [5.41, 5.74) is 0.468. The van der Waals surface area contributed by atoms with E-state index in [1.165, 1.54) is 19.0 Å². The number of likely N-dealkylation sites (tertiary alicyclic amines) is 2. The molecule has 2 aromatic rings. The Labute approximate surface area is 207 Å². The molecule has 3 saturated carbocycles. The van der Waals surface area contributed by atoms with Crippen LogP contribution in [0.1, 0.15) is 79.7 Å². The molecule has 192 valence electrons. The van der Waals surface area contributed by atoms with Gasteiger partial charge in [-0.15, -0.1) is 0 Å². The molecule has 2 amide bonds. The topological polar surface area (TPSA) is 78.0 Å². The van der Waals surface area contributed by atoms with Gasteiger partial charge in [-0.3, -0.25) is 10.1 Å². The quantitative estimate of drug-likeness (QED) is 0.658. The zero-order valence-corrected chi connectivity index (χ0v) is 20.2. The van der Waals surface area contributed by atoms with Crippen LogP contribution in [-0.2, 0) is 12.6 Å². The Balaban J connectivity index is 0.860. The molecule has 0 aromatic carbocycles. The number of halogens is 3. The summed E-state index contributed by atoms with van der Waals surface area (Å²) in [4.78, 5) is 25.3. The van der Waals surface area contributed by atoms with Crippen molar-refractivity contribution in [2.24, 2.45) is 16.7 Å². The normalized spacial score (nSPS) is 26.7. The highest BCUT2D eigenvalue weighted by Gasteiger charge is 2.57. The molecule has 2 spiro atoms. The van der Waals surface area contributed by atoms with Crippen LogP contribution in [0.4, 0.5) is 18.0 Å². The van der Waals surface area contributed by atoms with E-state index >= 15 is 0 Å². The van der Waals surface area contributed by atoms with Crippen LogP contribution in [0.5, 0.6) is 0 Å². The Bertz CT molecular complexity index is 1150. The van der Waals surface area contributed by atoms with Gasteiger partial charge in [0, 0.05) is 55.0 Å². The first-order chi connectivity index (χ1) is 17.2. The summed E-state index contributed by atoms with van der Waals surface area (Å²) in [6.45, 7) is 3.30. The van der Waals surface area contributed by atoms with Crippen molar-refractivity contribution in [1.82, 2.24) is 30.0 Å². The van der Waals surface area contributed by atoms with Crippen LogP contribution < -0.4 is 0 Å². The number of hydrogen-bond acceptors (Lipinski definition) is 4. The number of aromatic nitrogens is 4. The van der Waals surface area contributed by atoms with E-state index in [0.29, 0.717) is 17.8 Å². The molecule has 5 fully saturated rings. The number of nitrogens with one attached hydrogen (secondary N) is 1. The van der Waals surface area contributed by atoms with Crippen molar-refractivity contribution in [3.05, 3.63) is 41.2 Å². The summed E-state index contributed by atoms with van der Waals surface area (Å²) in [6, 6.07) is 2.79. The third-order valence-electron chi connectivity index (χ3n) is 9.30. The fraction of sp³-hybridized carbons (Fsp3) is 0.692. The molecule has 1 N–H and O–H groups in total. The van der Waals surface area contributed by atoms with Gasteiger partial charge < -0.3 is 9.80 Å². The number of amides is 2. The maximum atomic E-state index is 13.0. The molecule has 7 rings (SSSR count). The largest absolute Gasteiger partial charge is 0.433 e. The number of carbonyl (C=O) groups excluding carboxylic acids is 1. The second-order valence-electron chi connectivity index (χ2n) is 12.3. The Morgan fingerprint density at radius 1 is 1.00 bits per heavy atom. The standard InChI is InChI=1S/C26H31F3N6O/c27-26(28,29)20-4-1-17(11-30-20)7-16-5-6-24(8-16)12-34(13-24)23(36)35-14-25(15-35)9-19(10-25)22-31-21(32-33-22)18-2-3-18/h1,4,11,16,18-19H,2-3,5-10,12-15H2,(H,31,32,33). The molecule has 10 heteroatoms. The minimum atomic E-state index is -4.40. The molecule has 7 nitrogen and oxygen atoms in total. The molecule has 36 heavy (non-hydrogen) atoms. The summed E-state index contributed by atoms with van der Waals surface area (Å²) in [6.07, 6.45) is 5.47. The lowest BCUT2D eigenvalue weighted by Crippen LogP contribution is -2.69. The van der Waals surface area contributed by atoms with Gasteiger partial charge in [-0.05, 0) is 68.9 Å². The smallest absolute Gasteiger partial charge is 0.323 e. The van der Waals surface area contributed by atoms with E-state index in [9.17, 15) is 18.0 Å². The van der Waals surface area contributed by atoms with E-state index in [2.05, 4.69) is 15.2 Å². The van der Waals surface area contributed by atoms with Crippen molar-refractivity contribution >= 4 is 6.03 Å². The highest BCUT2D eigenvalue weighted by atomic mass is 19.4. The number of pyridine rings is 1. The highest BCUT2D eigenvalue weighted by molar-refractivity contribution is 5.77. The van der Waals surface area contributed by atoms with Gasteiger partial charge in [0.05, 0.1) is 0 Å². The van der Waals surface area contributed by atoms with E-state index in [-0.39, 0.29) is 16.9 Å². The molecule has 0 radical (unpaired) electrons. The predicted octanol–water partition coefficient (Wildman–Crippen LogP) is 4.74. The summed E-state index contributed by atoms with van der Waals surface area (Å²) >= 11 is 0. The number of carbonyl (C=O) groups is 1. The van der Waals surface area contributed by atoms with E-state index < -0.39 is 11.9 Å². The first-order valence-corrected chi connectivity index (χ1v) is 13.2. The molecule has 5 aliphatic rings. The fourth-order valence-electron chi connectivity index (χ4n) is 7.27. The van der Waals surface area contributed by atoms with E-state index in [1.54, 1.807) is 6.07 Å². The molecule has 4 heterocycles. The third kappa shape index (κ3) is 3.87. The lowest BCUT2D eigenvalue weighted by Gasteiger charge is -2.60. The molecule has 0 bridgehead atoms. The van der Waals surface area contributed by atoms with Gasteiger partial charge in [-0.2, -0.15) is 18.3 Å². The van der Waals surface area contributed by atoms with Gasteiger partial charge in [0.25, 0.3) is 0 Å². The lowest BCUT2D eigenvalue weighted by atomic mass is 9.57. The number of H-pyrrole nitrogens is 1. The average molecular weight is 501 g/mol. The van der Waals surface area contributed by atoms with Gasteiger partial charge in [-0.25, -0.2) is 9.78 Å². The summed E-state index contributed by atoms with van der Waals surface area (Å²) in [5.74, 6) is 3.46. The van der Waals surface area contributed by atoms with Crippen LogP contribution >= 0.6 is 0 Å². The van der Waals surface area contributed by atoms with E-state index in [4.69, 9.17) is 4.98 Å². The fourth-order valence-corrected chi connectivity index (χ4v) is 7.27. The van der Waals surface area contributed by atoms with Crippen LogP contribution in [0.15, 0.2) is 18.3 Å². The maximum Gasteiger partial charge on any atom is 0.433 e. The Kier molecular flexibility index (Phi) is 4.81. The van der Waals surface area contributed by atoms with Crippen molar-refractivity contribution in [3.8, 4) is 0 Å². The predicted molar refractivity (Wildman–Crippen MR) is 124 cm³/mol. The second-order valence-corrected chi connectivity index (χ2v) is 12.3. The van der Waals surface area contributed by atoms with Crippen LogP contribution in [0.2, 0.25) is 0 Å². The number of rotatable bonds is 4. The molecular weight excluding hydrogens is 469 g/mol. The molecular formula is C26H31F3N6O. The van der Waals surface area contributed by atoms with Gasteiger partial charge in [0.1, 0.15) is 11.5 Å². The van der Waals surface area contributed by atoms with E-state index in [0.717, 1.165) is 88.0 Å². The number of urea groups is 1. The van der Waals surface area contributed by atoms with Crippen molar-refractivity contribution in [2.75, 3.05) is 26.2 Å². The number of alkyl halides is 3. The zero-order chi connectivity index (χ0) is 24.7. The van der Waals surface area contributed by atoms with Crippen LogP contribution in [0.3, 0.4) is 0 Å². The SMILES string of the molecule is O=C(N1CC2(CCC(Cc3ccc(C(F)(F)F)nc3)C2)C1)N1CC2(CC(c3n[nH]c(C4CC4)n3)C2)C1. The Hall–Kier alpha value is -2.65. The minimum Gasteiger partial charge on any atom is -0.323 e. The van der Waals surface area contributed by atoms with Gasteiger partial charge in [0.2, 0.25) is 0 Å². The van der Waals surface area contributed by atoms with Crippen LogP contribution in [0, 0.1) is 16.7 Å². The molecule has 3 aliphatic carbocycles. The third-order valence-corrected chi connectivity index (χ3v) is 9.30. The second kappa shape index (κ2) is 7.68. The number of nitrogens with zero attached hydrogens (tertiary/aromatic N) is 5. The average Bonchev–Trinajstić information content (AvgIpc) is 3.34. The number of hydrogen-bond donors (Lipinski definition) is 1. The Morgan fingerprint density at radius 2 is 1.72 bits per heavy atom. The summed E-state index contributed by atoms with van der Waals surface area (Å²) in [5, 5.41) is 7.55. The monoisotopic (exact) mass is 500 g/mol. The number of aromatic amines is 1. The van der Waals surface area contributed by atoms with Gasteiger partial charge >= 0.3 is 12.2 Å². The zero-order valence-electron chi connectivity index (χ0n) is 20.2. The van der Waals surface area contributed by atoms with Crippen molar-refractivity contribution in [1.29, 1.82) is 0 Å². The van der Waals surface area contributed by atoms with Crippen molar-refractivity contribution in [2.45, 2.75) is 69.4 Å². The summed E-state index contributed by atoms with van der Waals surface area (Å²) < 4.78 is 38.2. The lowest BCUT2D eigenvalue weighted by molar-refractivity contribution is -0.141. The van der Waals surface area contributed by atoms with E-state index in [1.807, 2.05) is 9.80 Å².